The van der Waals surface area contributed by atoms with Gasteiger partial charge in [-0.05, 0) is 26.0 Å². The Labute approximate surface area is 111 Å². The van der Waals surface area contributed by atoms with Crippen molar-refractivity contribution in [3.8, 4) is 22.9 Å². The first kappa shape index (κ1) is 13.0. The van der Waals surface area contributed by atoms with Crippen LogP contribution in [0.15, 0.2) is 36.7 Å². The maximum absolute atomic E-state index is 13.6. The zero-order chi connectivity index (χ0) is 13.8. The van der Waals surface area contributed by atoms with Crippen LogP contribution in [0.25, 0.3) is 11.1 Å². The molecule has 1 aromatic heterocycles. The molecule has 0 saturated carbocycles. The van der Waals surface area contributed by atoms with Gasteiger partial charge in [0.1, 0.15) is 17.6 Å². The van der Waals surface area contributed by atoms with Crippen molar-refractivity contribution in [2.24, 2.45) is 0 Å². The Morgan fingerprint density at radius 3 is 2.79 bits per heavy atom. The van der Waals surface area contributed by atoms with Crippen LogP contribution < -0.4 is 4.74 Å². The average molecular weight is 256 g/mol. The largest absolute Gasteiger partial charge is 0.489 e. The Hall–Kier alpha value is -2.41. The number of pyridine rings is 1. The van der Waals surface area contributed by atoms with E-state index in [2.05, 4.69) is 4.98 Å². The van der Waals surface area contributed by atoms with Crippen LogP contribution in [0.3, 0.4) is 0 Å². The van der Waals surface area contributed by atoms with Crippen LogP contribution in [-0.4, -0.2) is 11.1 Å². The minimum atomic E-state index is -0.532. The Morgan fingerprint density at radius 2 is 2.11 bits per heavy atom. The summed E-state index contributed by atoms with van der Waals surface area (Å²) in [6, 6.07) is 8.16. The molecular formula is C15H13FN2O. The highest BCUT2D eigenvalue weighted by atomic mass is 19.1. The predicted molar refractivity (Wildman–Crippen MR) is 70.1 cm³/mol. The normalized spacial score (nSPS) is 10.3. The highest BCUT2D eigenvalue weighted by Gasteiger charge is 2.11. The molecule has 0 aliphatic heterocycles. The van der Waals surface area contributed by atoms with Crippen LogP contribution in [0.2, 0.25) is 0 Å². The van der Waals surface area contributed by atoms with E-state index in [4.69, 9.17) is 10.00 Å². The van der Waals surface area contributed by atoms with Gasteiger partial charge < -0.3 is 4.74 Å². The summed E-state index contributed by atoms with van der Waals surface area (Å²) < 4.78 is 19.1. The van der Waals surface area contributed by atoms with Crippen molar-refractivity contribution >= 4 is 0 Å². The molecule has 0 bridgehead atoms. The molecule has 0 N–H and O–H groups in total. The molecule has 0 saturated heterocycles. The number of rotatable bonds is 3. The topological polar surface area (TPSA) is 45.9 Å². The van der Waals surface area contributed by atoms with E-state index in [0.717, 1.165) is 0 Å². The summed E-state index contributed by atoms with van der Waals surface area (Å²) in [5.41, 5.74) is 1.20. The zero-order valence-corrected chi connectivity index (χ0v) is 10.7. The second kappa shape index (κ2) is 5.49. The quantitative estimate of drug-likeness (QED) is 0.843. The van der Waals surface area contributed by atoms with E-state index < -0.39 is 5.82 Å². The van der Waals surface area contributed by atoms with Gasteiger partial charge in [-0.15, -0.1) is 0 Å². The minimum absolute atomic E-state index is 0.0194. The van der Waals surface area contributed by atoms with E-state index in [1.165, 1.54) is 6.07 Å². The van der Waals surface area contributed by atoms with Crippen LogP contribution in [-0.2, 0) is 0 Å². The van der Waals surface area contributed by atoms with Gasteiger partial charge in [0.15, 0.2) is 0 Å². The molecule has 0 aliphatic carbocycles. The monoisotopic (exact) mass is 256 g/mol. The highest BCUT2D eigenvalue weighted by Crippen LogP contribution is 2.27. The number of nitrogens with zero attached hydrogens (tertiary/aromatic N) is 2. The molecule has 1 aromatic carbocycles. The Morgan fingerprint density at radius 1 is 1.32 bits per heavy atom. The van der Waals surface area contributed by atoms with Crippen LogP contribution >= 0.6 is 0 Å². The van der Waals surface area contributed by atoms with Crippen molar-refractivity contribution in [2.75, 3.05) is 0 Å². The number of benzene rings is 1. The number of halogens is 1. The second-order valence-electron chi connectivity index (χ2n) is 4.35. The Balaban J connectivity index is 2.48. The summed E-state index contributed by atoms with van der Waals surface area (Å²) in [4.78, 5) is 4.06. The van der Waals surface area contributed by atoms with Crippen molar-refractivity contribution in [2.45, 2.75) is 20.0 Å². The van der Waals surface area contributed by atoms with Crippen molar-refractivity contribution in [3.63, 3.8) is 0 Å². The molecule has 0 atom stereocenters. The minimum Gasteiger partial charge on any atom is -0.489 e. The zero-order valence-electron chi connectivity index (χ0n) is 10.7. The van der Waals surface area contributed by atoms with E-state index in [-0.39, 0.29) is 11.7 Å². The van der Waals surface area contributed by atoms with Crippen LogP contribution in [0.4, 0.5) is 4.39 Å². The first-order chi connectivity index (χ1) is 9.11. The number of nitriles is 1. The lowest BCUT2D eigenvalue weighted by molar-refractivity contribution is 0.241. The van der Waals surface area contributed by atoms with Crippen LogP contribution in [0, 0.1) is 17.1 Å². The smallest absolute Gasteiger partial charge is 0.141 e. The molecule has 0 fully saturated rings. The van der Waals surface area contributed by atoms with E-state index in [1.54, 1.807) is 30.6 Å². The predicted octanol–water partition coefficient (Wildman–Crippen LogP) is 3.55. The van der Waals surface area contributed by atoms with Gasteiger partial charge in [-0.3, -0.25) is 4.98 Å². The molecule has 3 nitrogen and oxygen atoms in total. The first-order valence-corrected chi connectivity index (χ1v) is 5.92. The molecular weight excluding hydrogens is 243 g/mol. The lowest BCUT2D eigenvalue weighted by atomic mass is 10.0. The fraction of sp³-hybridized carbons (Fsp3) is 0.200. The van der Waals surface area contributed by atoms with Crippen molar-refractivity contribution in [1.82, 2.24) is 4.98 Å². The number of hydrogen-bond acceptors (Lipinski definition) is 3. The average Bonchev–Trinajstić information content (AvgIpc) is 2.38. The van der Waals surface area contributed by atoms with Crippen LogP contribution in [0.5, 0.6) is 5.75 Å². The molecule has 2 aromatic rings. The van der Waals surface area contributed by atoms with Gasteiger partial charge in [0.2, 0.25) is 0 Å². The maximum atomic E-state index is 13.6. The number of aromatic nitrogens is 1. The van der Waals surface area contributed by atoms with E-state index in [1.807, 2.05) is 19.9 Å². The Bertz CT molecular complexity index is 632. The molecule has 2 rings (SSSR count). The highest BCUT2D eigenvalue weighted by molar-refractivity contribution is 5.70. The molecule has 1 heterocycles. The van der Waals surface area contributed by atoms with Crippen molar-refractivity contribution in [1.29, 1.82) is 5.26 Å². The Kier molecular flexibility index (Phi) is 3.76. The fourth-order valence-electron chi connectivity index (χ4n) is 1.78. The molecule has 96 valence electrons. The second-order valence-corrected chi connectivity index (χ2v) is 4.35. The van der Waals surface area contributed by atoms with Crippen molar-refractivity contribution in [3.05, 3.63) is 48.0 Å². The standard InChI is InChI=1S/C15H13FN2O/c1-10(2)19-12-6-11(8-18-9-12)13-4-3-5-15(16)14(13)7-17/h3-6,8-10H,1-2H3. The summed E-state index contributed by atoms with van der Waals surface area (Å²) in [5.74, 6) is 0.0656. The molecule has 4 heteroatoms. The summed E-state index contributed by atoms with van der Waals surface area (Å²) in [6.45, 7) is 3.82. The third-order valence-electron chi connectivity index (χ3n) is 2.52. The van der Waals surface area contributed by atoms with Gasteiger partial charge in [0, 0.05) is 17.3 Å². The van der Waals surface area contributed by atoms with Gasteiger partial charge >= 0.3 is 0 Å². The summed E-state index contributed by atoms with van der Waals surface area (Å²) in [6.07, 6.45) is 3.21. The van der Waals surface area contributed by atoms with E-state index in [9.17, 15) is 4.39 Å². The molecule has 0 aliphatic rings. The van der Waals surface area contributed by atoms with E-state index in [0.29, 0.717) is 16.9 Å². The van der Waals surface area contributed by atoms with Crippen molar-refractivity contribution < 1.29 is 9.13 Å². The molecule has 0 amide bonds. The first-order valence-electron chi connectivity index (χ1n) is 5.92. The lowest BCUT2D eigenvalue weighted by Crippen LogP contribution is -2.05. The maximum Gasteiger partial charge on any atom is 0.141 e. The third kappa shape index (κ3) is 2.89. The lowest BCUT2D eigenvalue weighted by Gasteiger charge is -2.11. The number of ether oxygens (including phenoxy) is 1. The van der Waals surface area contributed by atoms with Gasteiger partial charge in [0.05, 0.1) is 17.9 Å². The molecule has 0 radical (unpaired) electrons. The van der Waals surface area contributed by atoms with Gasteiger partial charge in [0.25, 0.3) is 0 Å². The molecule has 0 spiro atoms. The van der Waals surface area contributed by atoms with Gasteiger partial charge in [-0.1, -0.05) is 12.1 Å². The summed E-state index contributed by atoms with van der Waals surface area (Å²) in [5, 5.41) is 9.03. The summed E-state index contributed by atoms with van der Waals surface area (Å²) >= 11 is 0. The van der Waals surface area contributed by atoms with Crippen LogP contribution in [0.1, 0.15) is 19.4 Å². The van der Waals surface area contributed by atoms with E-state index >= 15 is 0 Å². The SMILES string of the molecule is CC(C)Oc1cncc(-c2cccc(F)c2C#N)c1. The fourth-order valence-corrected chi connectivity index (χ4v) is 1.78. The molecule has 0 unspecified atom stereocenters. The van der Waals surface area contributed by atoms with Gasteiger partial charge in [-0.2, -0.15) is 5.26 Å². The number of hydrogen-bond donors (Lipinski definition) is 0. The van der Waals surface area contributed by atoms with Gasteiger partial charge in [-0.25, -0.2) is 4.39 Å². The molecule has 19 heavy (non-hydrogen) atoms. The third-order valence-corrected chi connectivity index (χ3v) is 2.52. The summed E-state index contributed by atoms with van der Waals surface area (Å²) in [7, 11) is 0.